The molecule has 0 atom stereocenters. The van der Waals surface area contributed by atoms with E-state index >= 15 is 0 Å². The molecule has 0 fully saturated rings. The molecule has 30 heavy (non-hydrogen) atoms. The van der Waals surface area contributed by atoms with Crippen LogP contribution in [-0.2, 0) is 33.1 Å². The summed E-state index contributed by atoms with van der Waals surface area (Å²) in [6.07, 6.45) is 0. The molecular weight excluding hydrogens is 428 g/mol. The van der Waals surface area contributed by atoms with E-state index in [1.54, 1.807) is 36.4 Å². The third-order valence-electron chi connectivity index (χ3n) is 4.34. The average Bonchev–Trinajstić information content (AvgIpc) is 2.70. The van der Waals surface area contributed by atoms with Crippen LogP contribution in [0.15, 0.2) is 58.3 Å². The van der Waals surface area contributed by atoms with Crippen molar-refractivity contribution < 1.29 is 21.6 Å². The molecule has 0 aliphatic heterocycles. The Morgan fingerprint density at radius 2 is 1.03 bits per heavy atom. The first kappa shape index (κ1) is 23.8. The van der Waals surface area contributed by atoms with Gasteiger partial charge in [0.1, 0.15) is 0 Å². The molecule has 9 nitrogen and oxygen atoms in total. The molecule has 2 aromatic rings. The number of amides is 2. The summed E-state index contributed by atoms with van der Waals surface area (Å²) in [5, 5.41) is 5.22. The lowest BCUT2D eigenvalue weighted by atomic mass is 10.2. The van der Waals surface area contributed by atoms with Gasteiger partial charge in [0.25, 0.3) is 0 Å². The summed E-state index contributed by atoms with van der Waals surface area (Å²) in [4.78, 5) is 12.5. The molecule has 0 aliphatic rings. The van der Waals surface area contributed by atoms with Gasteiger partial charge in [-0.05, 0) is 23.3 Å². The van der Waals surface area contributed by atoms with Crippen molar-refractivity contribution in [3.8, 4) is 0 Å². The van der Waals surface area contributed by atoms with E-state index in [1.165, 1.54) is 40.3 Å². The fraction of sp³-hybridized carbons (Fsp3) is 0.316. The van der Waals surface area contributed by atoms with Crippen LogP contribution in [0.3, 0.4) is 0 Å². The van der Waals surface area contributed by atoms with Gasteiger partial charge in [0.05, 0.1) is 9.79 Å². The predicted octanol–water partition coefficient (Wildman–Crippen LogP) is 1.19. The van der Waals surface area contributed by atoms with Crippen LogP contribution in [-0.4, -0.2) is 59.7 Å². The van der Waals surface area contributed by atoms with Crippen LogP contribution in [0.1, 0.15) is 11.1 Å². The number of hydrogen-bond acceptors (Lipinski definition) is 5. The predicted molar refractivity (Wildman–Crippen MR) is 114 cm³/mol. The molecule has 0 spiro atoms. The third kappa shape index (κ3) is 5.36. The second-order valence-corrected chi connectivity index (χ2v) is 11.1. The summed E-state index contributed by atoms with van der Waals surface area (Å²) in [5.74, 6) is 0. The second-order valence-electron chi connectivity index (χ2n) is 6.83. The van der Waals surface area contributed by atoms with Gasteiger partial charge >= 0.3 is 6.03 Å². The Balaban J connectivity index is 2.09. The van der Waals surface area contributed by atoms with Gasteiger partial charge in [-0.1, -0.05) is 36.4 Å². The molecule has 0 heterocycles. The van der Waals surface area contributed by atoms with Crippen LogP contribution < -0.4 is 10.6 Å². The van der Waals surface area contributed by atoms with Gasteiger partial charge in [-0.25, -0.2) is 30.2 Å². The first-order valence-electron chi connectivity index (χ1n) is 9.00. The molecule has 2 aromatic carbocycles. The van der Waals surface area contributed by atoms with Crippen molar-refractivity contribution in [3.05, 3.63) is 59.7 Å². The topological polar surface area (TPSA) is 116 Å². The standard InChI is InChI=1S/C19H26N4O5S2/c1-22(2)29(25,26)17-11-7-5-9-15(17)13-20-19(24)21-14-16-10-6-8-12-18(16)30(27,28)23(3)4/h5-12H,13-14H2,1-4H3,(H2,20,21,24). The largest absolute Gasteiger partial charge is 0.334 e. The molecule has 0 aliphatic carbocycles. The summed E-state index contributed by atoms with van der Waals surface area (Å²) in [5.41, 5.74) is 0.883. The Bertz CT molecular complexity index is 1030. The van der Waals surface area contributed by atoms with Crippen LogP contribution in [0.2, 0.25) is 0 Å². The van der Waals surface area contributed by atoms with Gasteiger partial charge in [0, 0.05) is 41.3 Å². The molecular formula is C19H26N4O5S2. The molecule has 0 radical (unpaired) electrons. The number of nitrogens with zero attached hydrogens (tertiary/aromatic N) is 2. The highest BCUT2D eigenvalue weighted by molar-refractivity contribution is 7.89. The number of rotatable bonds is 8. The third-order valence-corrected chi connectivity index (χ3v) is 8.17. The first-order chi connectivity index (χ1) is 14.0. The highest BCUT2D eigenvalue weighted by Crippen LogP contribution is 2.19. The van der Waals surface area contributed by atoms with Gasteiger partial charge < -0.3 is 10.6 Å². The average molecular weight is 455 g/mol. The van der Waals surface area contributed by atoms with E-state index in [9.17, 15) is 21.6 Å². The van der Waals surface area contributed by atoms with Crippen LogP contribution >= 0.6 is 0 Å². The smallest absolute Gasteiger partial charge is 0.315 e. The summed E-state index contributed by atoms with van der Waals surface area (Å²) in [7, 11) is -1.56. The van der Waals surface area contributed by atoms with E-state index in [0.29, 0.717) is 11.1 Å². The first-order valence-corrected chi connectivity index (χ1v) is 11.9. The van der Waals surface area contributed by atoms with Crippen LogP contribution in [0, 0.1) is 0 Å². The van der Waals surface area contributed by atoms with Crippen molar-refractivity contribution >= 4 is 26.1 Å². The summed E-state index contributed by atoms with van der Waals surface area (Å²) < 4.78 is 51.9. The maximum atomic E-state index is 12.4. The fourth-order valence-corrected chi connectivity index (χ4v) is 4.84. The quantitative estimate of drug-likeness (QED) is 0.622. The van der Waals surface area contributed by atoms with Gasteiger partial charge in [0.2, 0.25) is 20.0 Å². The maximum Gasteiger partial charge on any atom is 0.315 e. The van der Waals surface area contributed by atoms with Gasteiger partial charge in [0.15, 0.2) is 0 Å². The van der Waals surface area contributed by atoms with Gasteiger partial charge in [-0.2, -0.15) is 0 Å². The van der Waals surface area contributed by atoms with Crippen LogP contribution in [0.25, 0.3) is 0 Å². The Morgan fingerprint density at radius 1 is 0.700 bits per heavy atom. The van der Waals surface area contributed by atoms with E-state index < -0.39 is 26.1 Å². The molecule has 11 heteroatoms. The van der Waals surface area contributed by atoms with Crippen molar-refractivity contribution in [2.45, 2.75) is 22.9 Å². The molecule has 2 rings (SSSR count). The van der Waals surface area contributed by atoms with Crippen molar-refractivity contribution in [1.29, 1.82) is 0 Å². The van der Waals surface area contributed by atoms with Crippen molar-refractivity contribution in [1.82, 2.24) is 19.2 Å². The SMILES string of the molecule is CN(C)S(=O)(=O)c1ccccc1CNC(=O)NCc1ccccc1S(=O)(=O)N(C)C. The molecule has 2 N–H and O–H groups in total. The molecule has 0 bridgehead atoms. The molecule has 164 valence electrons. The van der Waals surface area contributed by atoms with Crippen molar-refractivity contribution in [2.75, 3.05) is 28.2 Å². The maximum absolute atomic E-state index is 12.4. The zero-order chi connectivity index (χ0) is 22.5. The molecule has 0 unspecified atom stereocenters. The Morgan fingerprint density at radius 3 is 1.37 bits per heavy atom. The van der Waals surface area contributed by atoms with Crippen molar-refractivity contribution in [3.63, 3.8) is 0 Å². The Hall–Kier alpha value is -2.47. The van der Waals surface area contributed by atoms with Crippen LogP contribution in [0.4, 0.5) is 4.79 Å². The zero-order valence-corrected chi connectivity index (χ0v) is 18.9. The highest BCUT2D eigenvalue weighted by Gasteiger charge is 2.22. The number of nitrogens with one attached hydrogen (secondary N) is 2. The minimum atomic E-state index is -3.65. The number of sulfonamides is 2. The number of carbonyl (C=O) groups is 1. The summed E-state index contributed by atoms with van der Waals surface area (Å²) >= 11 is 0. The number of carbonyl (C=O) groups excluding carboxylic acids is 1. The van der Waals surface area contributed by atoms with E-state index in [1.807, 2.05) is 0 Å². The Labute approximate surface area is 177 Å². The summed E-state index contributed by atoms with van der Waals surface area (Å²) in [6.45, 7) is -0.0144. The molecule has 0 saturated carbocycles. The lowest BCUT2D eigenvalue weighted by Crippen LogP contribution is -2.35. The number of urea groups is 1. The van der Waals surface area contributed by atoms with Gasteiger partial charge in [-0.3, -0.25) is 0 Å². The minimum Gasteiger partial charge on any atom is -0.334 e. The minimum absolute atomic E-state index is 0.00722. The monoisotopic (exact) mass is 454 g/mol. The van der Waals surface area contributed by atoms with E-state index in [-0.39, 0.29) is 22.9 Å². The summed E-state index contributed by atoms with van der Waals surface area (Å²) in [6, 6.07) is 12.2. The van der Waals surface area contributed by atoms with Crippen LogP contribution in [0.5, 0.6) is 0 Å². The van der Waals surface area contributed by atoms with E-state index in [4.69, 9.17) is 0 Å². The number of benzene rings is 2. The van der Waals surface area contributed by atoms with Gasteiger partial charge in [-0.15, -0.1) is 0 Å². The lowest BCUT2D eigenvalue weighted by molar-refractivity contribution is 0.240. The fourth-order valence-electron chi connectivity index (χ4n) is 2.61. The molecule has 2 amide bonds. The highest BCUT2D eigenvalue weighted by atomic mass is 32.2. The van der Waals surface area contributed by atoms with E-state index in [0.717, 1.165) is 8.61 Å². The molecule has 0 saturated heterocycles. The normalized spacial score (nSPS) is 12.2. The second kappa shape index (κ2) is 9.56. The zero-order valence-electron chi connectivity index (χ0n) is 17.3. The number of hydrogen-bond donors (Lipinski definition) is 2. The lowest BCUT2D eigenvalue weighted by Gasteiger charge is -2.17. The van der Waals surface area contributed by atoms with E-state index in [2.05, 4.69) is 10.6 Å². The Kier molecular flexibility index (Phi) is 7.59. The molecule has 0 aromatic heterocycles. The van der Waals surface area contributed by atoms with Crippen molar-refractivity contribution in [2.24, 2.45) is 0 Å².